The van der Waals surface area contributed by atoms with Crippen LogP contribution in [0.2, 0.25) is 0 Å². The summed E-state index contributed by atoms with van der Waals surface area (Å²) in [6.45, 7) is 6.47. The number of aromatic nitrogens is 1. The van der Waals surface area contributed by atoms with Crippen LogP contribution in [0.25, 0.3) is 0 Å². The van der Waals surface area contributed by atoms with Gasteiger partial charge in [-0.3, -0.25) is 0 Å². The van der Waals surface area contributed by atoms with Crippen LogP contribution in [0.5, 0.6) is 0 Å². The van der Waals surface area contributed by atoms with Gasteiger partial charge in [-0.1, -0.05) is 13.0 Å². The van der Waals surface area contributed by atoms with Crippen molar-refractivity contribution < 1.29 is 0 Å². The molecule has 2 rings (SSSR count). The van der Waals surface area contributed by atoms with Crippen LogP contribution in [0.4, 0.5) is 5.82 Å². The van der Waals surface area contributed by atoms with Crippen LogP contribution in [-0.2, 0) is 0 Å². The molecule has 0 unspecified atom stereocenters. The smallest absolute Gasteiger partial charge is 0.128 e. The Morgan fingerprint density at radius 3 is 2.59 bits per heavy atom. The molecule has 3 heteroatoms. The summed E-state index contributed by atoms with van der Waals surface area (Å²) in [5, 5.41) is 0. The van der Waals surface area contributed by atoms with Crippen LogP contribution in [0, 0.1) is 6.92 Å². The Hall–Kier alpha value is -1.09. The molecular formula is C14H23N3. The molecule has 0 radical (unpaired) electrons. The third kappa shape index (κ3) is 2.78. The highest BCUT2D eigenvalue weighted by atomic mass is 15.2. The number of piperidine rings is 1. The molecule has 1 saturated heterocycles. The van der Waals surface area contributed by atoms with Gasteiger partial charge in [-0.15, -0.1) is 0 Å². The second-order valence-corrected chi connectivity index (χ2v) is 4.91. The average molecular weight is 233 g/mol. The van der Waals surface area contributed by atoms with Crippen LogP contribution < -0.4 is 10.6 Å². The number of nitrogens with zero attached hydrogens (tertiary/aromatic N) is 2. The highest BCUT2D eigenvalue weighted by molar-refractivity contribution is 5.42. The zero-order valence-corrected chi connectivity index (χ0v) is 10.9. The Labute approximate surface area is 104 Å². The van der Waals surface area contributed by atoms with Crippen molar-refractivity contribution in [3.05, 3.63) is 23.4 Å². The van der Waals surface area contributed by atoms with Gasteiger partial charge in [-0.2, -0.15) is 0 Å². The fourth-order valence-corrected chi connectivity index (χ4v) is 2.47. The lowest BCUT2D eigenvalue weighted by Crippen LogP contribution is -2.30. The number of anilines is 1. The summed E-state index contributed by atoms with van der Waals surface area (Å²) in [6, 6.07) is 4.40. The molecule has 1 fully saturated rings. The summed E-state index contributed by atoms with van der Waals surface area (Å²) in [6.07, 6.45) is 4.90. The SMILES string of the molecule is CC[C@H](N)c1ccc(N2CCCCC2)nc1C. The minimum Gasteiger partial charge on any atom is -0.357 e. The fourth-order valence-electron chi connectivity index (χ4n) is 2.47. The minimum atomic E-state index is 0.123. The number of nitrogens with two attached hydrogens (primary N) is 1. The van der Waals surface area contributed by atoms with Crippen molar-refractivity contribution in [1.29, 1.82) is 0 Å². The summed E-state index contributed by atoms with van der Waals surface area (Å²) in [4.78, 5) is 7.10. The average Bonchev–Trinajstić information content (AvgIpc) is 2.39. The van der Waals surface area contributed by atoms with Crippen LogP contribution in [-0.4, -0.2) is 18.1 Å². The van der Waals surface area contributed by atoms with Crippen molar-refractivity contribution in [2.24, 2.45) is 5.73 Å². The quantitative estimate of drug-likeness (QED) is 0.873. The Balaban J connectivity index is 2.17. The molecule has 17 heavy (non-hydrogen) atoms. The van der Waals surface area contributed by atoms with Gasteiger partial charge in [-0.25, -0.2) is 4.98 Å². The van der Waals surface area contributed by atoms with Gasteiger partial charge in [0, 0.05) is 24.8 Å². The lowest BCUT2D eigenvalue weighted by molar-refractivity contribution is 0.572. The van der Waals surface area contributed by atoms with E-state index in [0.29, 0.717) is 0 Å². The zero-order chi connectivity index (χ0) is 12.3. The second kappa shape index (κ2) is 5.50. The third-order valence-electron chi connectivity index (χ3n) is 3.63. The molecule has 3 nitrogen and oxygen atoms in total. The molecule has 2 heterocycles. The van der Waals surface area contributed by atoms with Crippen molar-refractivity contribution in [3.63, 3.8) is 0 Å². The van der Waals surface area contributed by atoms with E-state index in [1.165, 1.54) is 24.8 Å². The van der Waals surface area contributed by atoms with Gasteiger partial charge in [0.2, 0.25) is 0 Å². The third-order valence-corrected chi connectivity index (χ3v) is 3.63. The summed E-state index contributed by atoms with van der Waals surface area (Å²) in [5.74, 6) is 1.12. The van der Waals surface area contributed by atoms with E-state index in [2.05, 4.69) is 30.9 Å². The van der Waals surface area contributed by atoms with Crippen molar-refractivity contribution >= 4 is 5.82 Å². The number of aryl methyl sites for hydroxylation is 1. The molecule has 0 spiro atoms. The van der Waals surface area contributed by atoms with Crippen molar-refractivity contribution in [2.75, 3.05) is 18.0 Å². The van der Waals surface area contributed by atoms with Gasteiger partial charge in [0.15, 0.2) is 0 Å². The van der Waals surface area contributed by atoms with E-state index in [1.807, 2.05) is 0 Å². The summed E-state index contributed by atoms with van der Waals surface area (Å²) < 4.78 is 0. The number of pyridine rings is 1. The molecule has 1 aromatic heterocycles. The van der Waals surface area contributed by atoms with E-state index in [9.17, 15) is 0 Å². The van der Waals surface area contributed by atoms with Crippen LogP contribution in [0.15, 0.2) is 12.1 Å². The lowest BCUT2D eigenvalue weighted by atomic mass is 10.0. The first-order valence-electron chi connectivity index (χ1n) is 6.70. The maximum Gasteiger partial charge on any atom is 0.128 e. The highest BCUT2D eigenvalue weighted by Gasteiger charge is 2.14. The Morgan fingerprint density at radius 1 is 1.29 bits per heavy atom. The normalized spacial score (nSPS) is 18.2. The molecule has 94 valence electrons. The minimum absolute atomic E-state index is 0.123. The molecule has 0 aliphatic carbocycles. The molecule has 0 bridgehead atoms. The van der Waals surface area contributed by atoms with Gasteiger partial charge >= 0.3 is 0 Å². The molecule has 1 aliphatic heterocycles. The van der Waals surface area contributed by atoms with E-state index in [0.717, 1.165) is 31.0 Å². The van der Waals surface area contributed by atoms with Crippen LogP contribution in [0.3, 0.4) is 0 Å². The van der Waals surface area contributed by atoms with E-state index in [-0.39, 0.29) is 6.04 Å². The maximum absolute atomic E-state index is 6.07. The predicted molar refractivity (Wildman–Crippen MR) is 72.3 cm³/mol. The second-order valence-electron chi connectivity index (χ2n) is 4.91. The summed E-state index contributed by atoms with van der Waals surface area (Å²) >= 11 is 0. The van der Waals surface area contributed by atoms with Gasteiger partial charge in [-0.05, 0) is 44.2 Å². The van der Waals surface area contributed by atoms with Crippen LogP contribution in [0.1, 0.15) is 49.9 Å². The van der Waals surface area contributed by atoms with Crippen LogP contribution >= 0.6 is 0 Å². The first-order chi connectivity index (χ1) is 8.22. The van der Waals surface area contributed by atoms with Crippen molar-refractivity contribution in [1.82, 2.24) is 4.98 Å². The molecule has 1 atom stereocenters. The molecule has 2 N–H and O–H groups in total. The number of hydrogen-bond acceptors (Lipinski definition) is 3. The lowest BCUT2D eigenvalue weighted by Gasteiger charge is -2.28. The van der Waals surface area contributed by atoms with E-state index < -0.39 is 0 Å². The van der Waals surface area contributed by atoms with Crippen molar-refractivity contribution in [3.8, 4) is 0 Å². The maximum atomic E-state index is 6.07. The Morgan fingerprint density at radius 2 is 2.00 bits per heavy atom. The molecule has 0 saturated carbocycles. The topological polar surface area (TPSA) is 42.1 Å². The van der Waals surface area contributed by atoms with Gasteiger partial charge in [0.1, 0.15) is 5.82 Å². The molecule has 1 aliphatic rings. The van der Waals surface area contributed by atoms with E-state index >= 15 is 0 Å². The van der Waals surface area contributed by atoms with E-state index in [4.69, 9.17) is 10.7 Å². The van der Waals surface area contributed by atoms with Crippen molar-refractivity contribution in [2.45, 2.75) is 45.6 Å². The van der Waals surface area contributed by atoms with Gasteiger partial charge in [0.05, 0.1) is 0 Å². The largest absolute Gasteiger partial charge is 0.357 e. The van der Waals surface area contributed by atoms with Gasteiger partial charge < -0.3 is 10.6 Å². The molecule has 1 aromatic rings. The number of rotatable bonds is 3. The highest BCUT2D eigenvalue weighted by Crippen LogP contribution is 2.22. The summed E-state index contributed by atoms with van der Waals surface area (Å²) in [7, 11) is 0. The monoisotopic (exact) mass is 233 g/mol. The van der Waals surface area contributed by atoms with E-state index in [1.54, 1.807) is 0 Å². The zero-order valence-electron chi connectivity index (χ0n) is 10.9. The first kappa shape index (κ1) is 12.4. The predicted octanol–water partition coefficient (Wildman–Crippen LogP) is 2.79. The number of hydrogen-bond donors (Lipinski definition) is 1. The molecule has 0 amide bonds. The fraction of sp³-hybridized carbons (Fsp3) is 0.643. The molecule has 0 aromatic carbocycles. The first-order valence-corrected chi connectivity index (χ1v) is 6.70. The van der Waals surface area contributed by atoms with Gasteiger partial charge in [0.25, 0.3) is 0 Å². The summed E-state index contributed by atoms with van der Waals surface area (Å²) in [5.41, 5.74) is 8.34. The molecular weight excluding hydrogens is 210 g/mol. The Kier molecular flexibility index (Phi) is 4.00. The Bertz CT molecular complexity index is 370. The standard InChI is InChI=1S/C14H23N3/c1-3-13(15)12-7-8-14(16-11(12)2)17-9-5-4-6-10-17/h7-8,13H,3-6,9-10,15H2,1-2H3/t13-/m0/s1.